The highest BCUT2D eigenvalue weighted by atomic mass is 19.1. The summed E-state index contributed by atoms with van der Waals surface area (Å²) in [5.74, 6) is -0.333. The SMILES string of the molecule is COC(C)(C)CCOCc1cc(N)cc(F)c1. The lowest BCUT2D eigenvalue weighted by molar-refractivity contribution is -0.0124. The van der Waals surface area contributed by atoms with Gasteiger partial charge in [0, 0.05) is 19.4 Å². The van der Waals surface area contributed by atoms with E-state index >= 15 is 0 Å². The Morgan fingerprint density at radius 2 is 2.00 bits per heavy atom. The van der Waals surface area contributed by atoms with Crippen LogP contribution >= 0.6 is 0 Å². The van der Waals surface area contributed by atoms with Crippen LogP contribution in [0.5, 0.6) is 0 Å². The van der Waals surface area contributed by atoms with Crippen LogP contribution in [0.4, 0.5) is 10.1 Å². The molecule has 0 aliphatic rings. The second-order valence-electron chi connectivity index (χ2n) is 4.66. The maximum atomic E-state index is 13.0. The molecule has 0 fully saturated rings. The Morgan fingerprint density at radius 3 is 2.59 bits per heavy atom. The first-order valence-electron chi connectivity index (χ1n) is 5.61. The standard InChI is InChI=1S/C13H20FNO2/c1-13(2,16-3)4-5-17-9-10-6-11(14)8-12(15)7-10/h6-8H,4-5,9,15H2,1-3H3. The molecule has 0 spiro atoms. The van der Waals surface area contributed by atoms with E-state index in [9.17, 15) is 4.39 Å². The van der Waals surface area contributed by atoms with Crippen molar-refractivity contribution in [2.75, 3.05) is 19.5 Å². The average Bonchev–Trinajstić information content (AvgIpc) is 2.23. The number of halogens is 1. The molecular formula is C13H20FNO2. The Balaban J connectivity index is 2.36. The molecule has 0 saturated heterocycles. The Labute approximate surface area is 102 Å². The summed E-state index contributed by atoms with van der Waals surface area (Å²) in [5, 5.41) is 0. The van der Waals surface area contributed by atoms with E-state index in [4.69, 9.17) is 15.2 Å². The van der Waals surface area contributed by atoms with Crippen LogP contribution in [0, 0.1) is 5.82 Å². The van der Waals surface area contributed by atoms with Crippen LogP contribution in [-0.2, 0) is 16.1 Å². The molecule has 0 heterocycles. The molecule has 1 aromatic rings. The topological polar surface area (TPSA) is 44.5 Å². The smallest absolute Gasteiger partial charge is 0.125 e. The minimum absolute atomic E-state index is 0.193. The molecule has 0 unspecified atom stereocenters. The van der Waals surface area contributed by atoms with Crippen LogP contribution in [0.25, 0.3) is 0 Å². The van der Waals surface area contributed by atoms with E-state index in [0.717, 1.165) is 12.0 Å². The minimum Gasteiger partial charge on any atom is -0.399 e. The summed E-state index contributed by atoms with van der Waals surface area (Å²) >= 11 is 0. The maximum Gasteiger partial charge on any atom is 0.125 e. The number of nitrogens with two attached hydrogens (primary N) is 1. The zero-order chi connectivity index (χ0) is 12.9. The number of nitrogen functional groups attached to an aromatic ring is 1. The van der Waals surface area contributed by atoms with Gasteiger partial charge in [0.2, 0.25) is 0 Å². The van der Waals surface area contributed by atoms with E-state index < -0.39 is 0 Å². The average molecular weight is 241 g/mol. The van der Waals surface area contributed by atoms with Gasteiger partial charge in [-0.3, -0.25) is 0 Å². The summed E-state index contributed by atoms with van der Waals surface area (Å²) in [6.07, 6.45) is 0.786. The molecule has 0 aromatic heterocycles. The van der Waals surface area contributed by atoms with Gasteiger partial charge in [0.15, 0.2) is 0 Å². The first kappa shape index (κ1) is 13.9. The quantitative estimate of drug-likeness (QED) is 0.615. The van der Waals surface area contributed by atoms with E-state index in [-0.39, 0.29) is 11.4 Å². The molecule has 2 N–H and O–H groups in total. The third kappa shape index (κ3) is 5.15. The third-order valence-electron chi connectivity index (χ3n) is 2.65. The Bertz CT molecular complexity index is 346. The van der Waals surface area contributed by atoms with Crippen molar-refractivity contribution >= 4 is 5.69 Å². The van der Waals surface area contributed by atoms with Gasteiger partial charge in [-0.25, -0.2) is 4.39 Å². The molecule has 0 atom stereocenters. The largest absolute Gasteiger partial charge is 0.399 e. The van der Waals surface area contributed by atoms with Gasteiger partial charge in [-0.1, -0.05) is 0 Å². The van der Waals surface area contributed by atoms with Crippen LogP contribution in [0.3, 0.4) is 0 Å². The first-order chi connectivity index (χ1) is 7.93. The van der Waals surface area contributed by atoms with Crippen molar-refractivity contribution in [3.05, 3.63) is 29.6 Å². The van der Waals surface area contributed by atoms with Gasteiger partial charge in [-0.2, -0.15) is 0 Å². The molecule has 0 aliphatic heterocycles. The Morgan fingerprint density at radius 1 is 1.29 bits per heavy atom. The molecule has 0 aliphatic carbocycles. The van der Waals surface area contributed by atoms with Crippen LogP contribution in [0.15, 0.2) is 18.2 Å². The number of hydrogen-bond donors (Lipinski definition) is 1. The lowest BCUT2D eigenvalue weighted by Gasteiger charge is -2.22. The molecule has 0 radical (unpaired) electrons. The van der Waals surface area contributed by atoms with Crippen molar-refractivity contribution < 1.29 is 13.9 Å². The Hall–Kier alpha value is -1.13. The van der Waals surface area contributed by atoms with Crippen LogP contribution < -0.4 is 5.73 Å². The monoisotopic (exact) mass is 241 g/mol. The number of rotatable bonds is 6. The molecule has 1 rings (SSSR count). The van der Waals surface area contributed by atoms with Crippen molar-refractivity contribution in [1.82, 2.24) is 0 Å². The normalized spacial score (nSPS) is 11.8. The van der Waals surface area contributed by atoms with Gasteiger partial charge in [0.05, 0.1) is 12.2 Å². The summed E-state index contributed by atoms with van der Waals surface area (Å²) in [6, 6.07) is 4.43. The predicted molar refractivity (Wildman–Crippen MR) is 66.2 cm³/mol. The number of methoxy groups -OCH3 is 1. The summed E-state index contributed by atoms with van der Waals surface area (Å²) in [5.41, 5.74) is 6.51. The molecule has 1 aromatic carbocycles. The third-order valence-corrected chi connectivity index (χ3v) is 2.65. The molecule has 17 heavy (non-hydrogen) atoms. The van der Waals surface area contributed by atoms with Gasteiger partial charge in [0.25, 0.3) is 0 Å². The van der Waals surface area contributed by atoms with Crippen LogP contribution in [-0.4, -0.2) is 19.3 Å². The second kappa shape index (κ2) is 5.98. The summed E-state index contributed by atoms with van der Waals surface area (Å²) in [7, 11) is 1.67. The maximum absolute atomic E-state index is 13.0. The molecule has 96 valence electrons. The van der Waals surface area contributed by atoms with E-state index in [2.05, 4.69) is 0 Å². The van der Waals surface area contributed by atoms with Gasteiger partial charge < -0.3 is 15.2 Å². The fourth-order valence-electron chi connectivity index (χ4n) is 1.37. The highest BCUT2D eigenvalue weighted by molar-refractivity contribution is 5.41. The van der Waals surface area contributed by atoms with Crippen molar-refractivity contribution in [3.63, 3.8) is 0 Å². The van der Waals surface area contributed by atoms with E-state index in [1.807, 2.05) is 13.8 Å². The van der Waals surface area contributed by atoms with Crippen molar-refractivity contribution in [3.8, 4) is 0 Å². The number of anilines is 1. The molecule has 0 bridgehead atoms. The summed E-state index contributed by atoms with van der Waals surface area (Å²) in [4.78, 5) is 0. The fourth-order valence-corrected chi connectivity index (χ4v) is 1.37. The fraction of sp³-hybridized carbons (Fsp3) is 0.538. The molecule has 4 heteroatoms. The van der Waals surface area contributed by atoms with E-state index in [0.29, 0.717) is 18.9 Å². The molecule has 3 nitrogen and oxygen atoms in total. The van der Waals surface area contributed by atoms with Gasteiger partial charge >= 0.3 is 0 Å². The predicted octanol–water partition coefficient (Wildman–Crippen LogP) is 2.74. The van der Waals surface area contributed by atoms with Gasteiger partial charge in [0.1, 0.15) is 5.82 Å². The summed E-state index contributed by atoms with van der Waals surface area (Å²) < 4.78 is 23.8. The lowest BCUT2D eigenvalue weighted by Crippen LogP contribution is -2.24. The van der Waals surface area contributed by atoms with E-state index in [1.165, 1.54) is 12.1 Å². The van der Waals surface area contributed by atoms with E-state index in [1.54, 1.807) is 13.2 Å². The lowest BCUT2D eigenvalue weighted by atomic mass is 10.1. The molecule has 0 amide bonds. The zero-order valence-electron chi connectivity index (χ0n) is 10.6. The molecular weight excluding hydrogens is 221 g/mol. The first-order valence-corrected chi connectivity index (χ1v) is 5.61. The van der Waals surface area contributed by atoms with Gasteiger partial charge in [-0.15, -0.1) is 0 Å². The molecule has 0 saturated carbocycles. The van der Waals surface area contributed by atoms with Crippen molar-refractivity contribution in [1.29, 1.82) is 0 Å². The number of benzene rings is 1. The number of hydrogen-bond acceptors (Lipinski definition) is 3. The van der Waals surface area contributed by atoms with Crippen LogP contribution in [0.2, 0.25) is 0 Å². The number of ether oxygens (including phenoxy) is 2. The van der Waals surface area contributed by atoms with Crippen molar-refractivity contribution in [2.45, 2.75) is 32.5 Å². The van der Waals surface area contributed by atoms with Crippen molar-refractivity contribution in [2.24, 2.45) is 0 Å². The summed E-state index contributed by atoms with van der Waals surface area (Å²) in [6.45, 7) is 4.92. The zero-order valence-corrected chi connectivity index (χ0v) is 10.6. The minimum atomic E-state index is -0.333. The highest BCUT2D eigenvalue weighted by Gasteiger charge is 2.15. The Kier molecular flexibility index (Phi) is 4.90. The highest BCUT2D eigenvalue weighted by Crippen LogP contribution is 2.15. The van der Waals surface area contributed by atoms with Gasteiger partial charge in [-0.05, 0) is 44.0 Å². The van der Waals surface area contributed by atoms with Crippen LogP contribution in [0.1, 0.15) is 25.8 Å². The second-order valence-corrected chi connectivity index (χ2v) is 4.66.